The van der Waals surface area contributed by atoms with Gasteiger partial charge in [0, 0.05) is 30.1 Å². The van der Waals surface area contributed by atoms with Crippen LogP contribution in [0.2, 0.25) is 0 Å². The highest BCUT2D eigenvalue weighted by Crippen LogP contribution is 2.41. The van der Waals surface area contributed by atoms with Crippen molar-refractivity contribution in [2.24, 2.45) is 0 Å². The molecule has 1 aliphatic carbocycles. The molecule has 0 fully saturated rings. The van der Waals surface area contributed by atoms with Gasteiger partial charge < -0.3 is 15.5 Å². The number of rotatable bonds is 1. The van der Waals surface area contributed by atoms with Crippen LogP contribution in [0.3, 0.4) is 0 Å². The predicted molar refractivity (Wildman–Crippen MR) is 88.5 cm³/mol. The molecular formula is C19H15N3O. The fourth-order valence-corrected chi connectivity index (χ4v) is 3.69. The molecule has 112 valence electrons. The number of nitrogens with one attached hydrogen (secondary N) is 2. The Morgan fingerprint density at radius 1 is 1.00 bits per heavy atom. The van der Waals surface area contributed by atoms with E-state index >= 15 is 0 Å². The lowest BCUT2D eigenvalue weighted by Gasteiger charge is -2.31. The Balaban J connectivity index is 1.66. The minimum atomic E-state index is -0.316. The molecule has 23 heavy (non-hydrogen) atoms. The molecule has 1 unspecified atom stereocenters. The third-order valence-electron chi connectivity index (χ3n) is 4.74. The minimum Gasteiger partial charge on any atom is -0.362 e. The van der Waals surface area contributed by atoms with E-state index in [9.17, 15) is 4.79 Å². The second-order valence-electron chi connectivity index (χ2n) is 5.98. The lowest BCUT2D eigenvalue weighted by Crippen LogP contribution is -2.51. The van der Waals surface area contributed by atoms with Gasteiger partial charge in [-0.05, 0) is 16.7 Å². The number of benzene rings is 2. The standard InChI is InChI=1S/C19H15N3O/c23-19-18-20-9-10-22(18)16-11-15-13(12-5-2-1-3-6-12)7-4-8-14(15)17(16)21-19/h1-10,18,20H,11H2,(H,21,23). The van der Waals surface area contributed by atoms with Gasteiger partial charge in [-0.1, -0.05) is 48.5 Å². The number of hydrogen-bond acceptors (Lipinski definition) is 3. The quantitative estimate of drug-likeness (QED) is 0.850. The number of allylic oxidation sites excluding steroid dienone is 1. The van der Waals surface area contributed by atoms with E-state index in [0.717, 1.165) is 23.4 Å². The van der Waals surface area contributed by atoms with Crippen LogP contribution in [-0.4, -0.2) is 17.0 Å². The minimum absolute atomic E-state index is 0.00767. The van der Waals surface area contributed by atoms with E-state index < -0.39 is 0 Å². The third kappa shape index (κ3) is 1.69. The molecule has 2 aromatic rings. The molecule has 0 bridgehead atoms. The maximum atomic E-state index is 12.3. The van der Waals surface area contributed by atoms with Crippen LogP contribution >= 0.6 is 0 Å². The summed E-state index contributed by atoms with van der Waals surface area (Å²) in [6.45, 7) is 0. The van der Waals surface area contributed by atoms with E-state index in [2.05, 4.69) is 53.1 Å². The van der Waals surface area contributed by atoms with Crippen molar-refractivity contribution in [1.82, 2.24) is 15.5 Å². The van der Waals surface area contributed by atoms with Crippen LogP contribution in [0.5, 0.6) is 0 Å². The van der Waals surface area contributed by atoms with E-state index in [4.69, 9.17) is 0 Å². The van der Waals surface area contributed by atoms with Crippen molar-refractivity contribution in [3.63, 3.8) is 0 Å². The predicted octanol–water partition coefficient (Wildman–Crippen LogP) is 2.41. The van der Waals surface area contributed by atoms with Crippen LogP contribution in [0.25, 0.3) is 16.8 Å². The Labute approximate surface area is 134 Å². The van der Waals surface area contributed by atoms with Crippen LogP contribution in [0.1, 0.15) is 11.1 Å². The first kappa shape index (κ1) is 12.5. The topological polar surface area (TPSA) is 44.4 Å². The molecule has 3 aliphatic rings. The Bertz CT molecular complexity index is 883. The molecule has 0 saturated carbocycles. The first-order valence-electron chi connectivity index (χ1n) is 7.76. The Hall–Kier alpha value is -3.01. The fraction of sp³-hybridized carbons (Fsp3) is 0.105. The molecular weight excluding hydrogens is 286 g/mol. The van der Waals surface area contributed by atoms with Gasteiger partial charge in [0.1, 0.15) is 0 Å². The molecule has 2 aliphatic heterocycles. The van der Waals surface area contributed by atoms with E-state index in [1.54, 1.807) is 0 Å². The molecule has 0 radical (unpaired) electrons. The summed E-state index contributed by atoms with van der Waals surface area (Å²) in [6.07, 6.45) is 4.30. The number of nitrogens with zero attached hydrogens (tertiary/aromatic N) is 1. The van der Waals surface area contributed by atoms with Crippen LogP contribution in [-0.2, 0) is 11.2 Å². The second-order valence-corrected chi connectivity index (χ2v) is 5.98. The Kier molecular flexibility index (Phi) is 2.45. The summed E-state index contributed by atoms with van der Waals surface area (Å²) in [5.74, 6) is -0.00767. The number of fused-ring (bicyclic) bond motifs is 4. The zero-order chi connectivity index (χ0) is 15.4. The van der Waals surface area contributed by atoms with Crippen LogP contribution in [0.4, 0.5) is 0 Å². The van der Waals surface area contributed by atoms with Gasteiger partial charge in [0.2, 0.25) is 0 Å². The molecule has 2 N–H and O–H groups in total. The van der Waals surface area contributed by atoms with Gasteiger partial charge in [0.25, 0.3) is 5.91 Å². The summed E-state index contributed by atoms with van der Waals surface area (Å²) in [5, 5.41) is 6.17. The molecule has 1 amide bonds. The first-order valence-corrected chi connectivity index (χ1v) is 7.76. The molecule has 0 spiro atoms. The zero-order valence-electron chi connectivity index (χ0n) is 12.4. The van der Waals surface area contributed by atoms with Gasteiger partial charge in [-0.2, -0.15) is 0 Å². The SMILES string of the molecule is O=C1NC2=C(Cc3c2cccc3-c2ccccc2)N2C=CNC12. The van der Waals surface area contributed by atoms with Crippen molar-refractivity contribution in [3.8, 4) is 11.1 Å². The molecule has 2 heterocycles. The zero-order valence-corrected chi connectivity index (χ0v) is 12.4. The van der Waals surface area contributed by atoms with Gasteiger partial charge in [-0.15, -0.1) is 0 Å². The monoisotopic (exact) mass is 301 g/mol. The Morgan fingerprint density at radius 3 is 2.70 bits per heavy atom. The maximum Gasteiger partial charge on any atom is 0.268 e. The van der Waals surface area contributed by atoms with E-state index in [-0.39, 0.29) is 12.1 Å². The van der Waals surface area contributed by atoms with Crippen molar-refractivity contribution in [2.45, 2.75) is 12.6 Å². The molecule has 0 aromatic heterocycles. The highest BCUT2D eigenvalue weighted by atomic mass is 16.2. The summed E-state index contributed by atoms with van der Waals surface area (Å²) < 4.78 is 0. The van der Waals surface area contributed by atoms with Gasteiger partial charge in [-0.25, -0.2) is 0 Å². The lowest BCUT2D eigenvalue weighted by atomic mass is 9.96. The third-order valence-corrected chi connectivity index (χ3v) is 4.74. The number of carbonyl (C=O) groups is 1. The average Bonchev–Trinajstić information content (AvgIpc) is 3.20. The fourth-order valence-electron chi connectivity index (χ4n) is 3.69. The van der Waals surface area contributed by atoms with Gasteiger partial charge in [-0.3, -0.25) is 4.79 Å². The van der Waals surface area contributed by atoms with Crippen molar-refractivity contribution < 1.29 is 4.79 Å². The summed E-state index contributed by atoms with van der Waals surface area (Å²) >= 11 is 0. The van der Waals surface area contributed by atoms with Gasteiger partial charge in [0.15, 0.2) is 6.17 Å². The molecule has 2 aromatic carbocycles. The molecule has 0 saturated heterocycles. The molecule has 5 rings (SSSR count). The number of carbonyl (C=O) groups excluding carboxylic acids is 1. The summed E-state index contributed by atoms with van der Waals surface area (Å²) in [7, 11) is 0. The smallest absolute Gasteiger partial charge is 0.268 e. The van der Waals surface area contributed by atoms with E-state index in [0.29, 0.717) is 0 Å². The first-order chi connectivity index (χ1) is 11.3. The summed E-state index contributed by atoms with van der Waals surface area (Å²) in [6, 6.07) is 16.7. The van der Waals surface area contributed by atoms with E-state index in [1.807, 2.05) is 23.4 Å². The van der Waals surface area contributed by atoms with Gasteiger partial charge >= 0.3 is 0 Å². The normalized spacial score (nSPS) is 20.8. The largest absolute Gasteiger partial charge is 0.362 e. The van der Waals surface area contributed by atoms with Crippen LogP contribution in [0.15, 0.2) is 66.6 Å². The number of amides is 1. The molecule has 1 atom stereocenters. The average molecular weight is 301 g/mol. The van der Waals surface area contributed by atoms with Crippen molar-refractivity contribution in [1.29, 1.82) is 0 Å². The molecule has 4 nitrogen and oxygen atoms in total. The lowest BCUT2D eigenvalue weighted by molar-refractivity contribution is -0.124. The highest BCUT2D eigenvalue weighted by Gasteiger charge is 2.39. The molecule has 4 heteroatoms. The second kappa shape index (κ2) is 4.49. The maximum absolute atomic E-state index is 12.3. The summed E-state index contributed by atoms with van der Waals surface area (Å²) in [5.41, 5.74) is 6.97. The highest BCUT2D eigenvalue weighted by molar-refractivity contribution is 5.97. The van der Waals surface area contributed by atoms with Gasteiger partial charge in [0.05, 0.1) is 5.70 Å². The Morgan fingerprint density at radius 2 is 1.83 bits per heavy atom. The van der Waals surface area contributed by atoms with Crippen molar-refractivity contribution in [2.75, 3.05) is 0 Å². The van der Waals surface area contributed by atoms with Crippen molar-refractivity contribution in [3.05, 3.63) is 77.8 Å². The van der Waals surface area contributed by atoms with Crippen molar-refractivity contribution >= 4 is 11.6 Å². The van der Waals surface area contributed by atoms with Crippen LogP contribution < -0.4 is 10.6 Å². The summed E-state index contributed by atoms with van der Waals surface area (Å²) in [4.78, 5) is 14.3. The van der Waals surface area contributed by atoms with E-state index in [1.165, 1.54) is 16.7 Å². The van der Waals surface area contributed by atoms with Crippen LogP contribution in [0, 0.1) is 0 Å². The number of hydrogen-bond donors (Lipinski definition) is 2.